The average Bonchev–Trinajstić information content (AvgIpc) is 3.36. The van der Waals surface area contributed by atoms with E-state index in [0.717, 1.165) is 89.9 Å². The molecule has 2 unspecified atom stereocenters. The standard InChI is InChI=1S/C64H111NO8/c1-6-8-10-12-14-16-18-20-22-23-24-25-26-27-28-29-30-31-32-33-34-35-36-37-38-39-41-43-45-47-49-51-53-55-62(67)73-60(59-72-64(63(68)69)70-57-56-65(3,4)5)58-71-61(66)54-52-50-48-46-44-42-40-21-19-17-15-13-11-9-7-2/h8,10,14,16,20,22,24-25,27-28,30-31,33-34,60,64H,6-7,9,11-13,15,17-19,21,23,26,29,32,35-59H2,1-5H3/p+1/b10-8-,16-14-,22-20-,25-24-,28-27-,31-30-,34-33-. The van der Waals surface area contributed by atoms with Crippen LogP contribution in [0.15, 0.2) is 85.1 Å². The maximum atomic E-state index is 12.9. The minimum atomic E-state index is -1.51. The zero-order valence-corrected chi connectivity index (χ0v) is 47.8. The highest BCUT2D eigenvalue weighted by Crippen LogP contribution is 2.16. The minimum Gasteiger partial charge on any atom is -0.477 e. The zero-order chi connectivity index (χ0) is 53.4. The Morgan fingerprint density at radius 3 is 1.16 bits per heavy atom. The SMILES string of the molecule is CC/C=C\C/C=C\C/C=C\C/C=C\C/C=C\C/C=C\C/C=C\CCCCCCCCCCCCCC(=O)OC(COC(=O)CCCCCCCCCCCCCCCCC)COC(OCC[N+](C)(C)C)C(=O)O. The van der Waals surface area contributed by atoms with E-state index in [4.69, 9.17) is 18.9 Å². The fourth-order valence-corrected chi connectivity index (χ4v) is 8.11. The van der Waals surface area contributed by atoms with Gasteiger partial charge in [0.05, 0.1) is 34.4 Å². The van der Waals surface area contributed by atoms with Crippen LogP contribution in [0, 0.1) is 0 Å². The number of nitrogens with zero attached hydrogens (tertiary/aromatic N) is 1. The monoisotopic (exact) mass is 1020 g/mol. The van der Waals surface area contributed by atoms with Gasteiger partial charge >= 0.3 is 17.9 Å². The summed E-state index contributed by atoms with van der Waals surface area (Å²) in [5.41, 5.74) is 0. The molecule has 0 amide bonds. The predicted molar refractivity (Wildman–Crippen MR) is 309 cm³/mol. The van der Waals surface area contributed by atoms with E-state index in [1.807, 2.05) is 21.1 Å². The van der Waals surface area contributed by atoms with Crippen LogP contribution in [-0.4, -0.2) is 87.4 Å². The Hall–Kier alpha value is -3.53. The van der Waals surface area contributed by atoms with Gasteiger partial charge in [-0.15, -0.1) is 0 Å². The van der Waals surface area contributed by atoms with Gasteiger partial charge in [-0.25, -0.2) is 4.79 Å². The molecule has 0 aromatic carbocycles. The largest absolute Gasteiger partial charge is 0.477 e. The van der Waals surface area contributed by atoms with Crippen LogP contribution in [0.2, 0.25) is 0 Å². The summed E-state index contributed by atoms with van der Waals surface area (Å²) in [4.78, 5) is 37.4. The van der Waals surface area contributed by atoms with Crippen molar-refractivity contribution in [1.29, 1.82) is 0 Å². The van der Waals surface area contributed by atoms with Crippen LogP contribution in [0.4, 0.5) is 0 Å². The summed E-state index contributed by atoms with van der Waals surface area (Å²) in [7, 11) is 5.97. The fraction of sp³-hybridized carbons (Fsp3) is 0.734. The Bertz CT molecular complexity index is 1470. The number of allylic oxidation sites excluding steroid dienone is 14. The van der Waals surface area contributed by atoms with Crippen LogP contribution in [0.25, 0.3) is 0 Å². The first-order valence-corrected chi connectivity index (χ1v) is 29.8. The summed E-state index contributed by atoms with van der Waals surface area (Å²) >= 11 is 0. The number of quaternary nitrogens is 1. The third kappa shape index (κ3) is 56.0. The van der Waals surface area contributed by atoms with E-state index in [1.54, 1.807) is 0 Å². The highest BCUT2D eigenvalue weighted by atomic mass is 16.7. The van der Waals surface area contributed by atoms with E-state index in [2.05, 4.69) is 98.9 Å². The van der Waals surface area contributed by atoms with Gasteiger partial charge in [0.1, 0.15) is 13.2 Å². The molecule has 420 valence electrons. The number of esters is 2. The van der Waals surface area contributed by atoms with Crippen molar-refractivity contribution in [2.24, 2.45) is 0 Å². The lowest BCUT2D eigenvalue weighted by Crippen LogP contribution is -2.40. The number of unbranched alkanes of at least 4 members (excludes halogenated alkanes) is 25. The third-order valence-electron chi connectivity index (χ3n) is 12.7. The number of hydrogen-bond donors (Lipinski definition) is 1. The molecule has 0 aliphatic heterocycles. The van der Waals surface area contributed by atoms with Gasteiger partial charge in [-0.05, 0) is 70.6 Å². The number of carboxylic acids is 1. The molecule has 0 saturated heterocycles. The Balaban J connectivity index is 4.18. The lowest BCUT2D eigenvalue weighted by Gasteiger charge is -2.25. The van der Waals surface area contributed by atoms with Crippen molar-refractivity contribution in [3.63, 3.8) is 0 Å². The maximum Gasteiger partial charge on any atom is 0.361 e. The number of ether oxygens (including phenoxy) is 4. The van der Waals surface area contributed by atoms with E-state index in [9.17, 15) is 19.5 Å². The highest BCUT2D eigenvalue weighted by molar-refractivity contribution is 5.71. The quantitative estimate of drug-likeness (QED) is 0.0211. The Morgan fingerprint density at radius 1 is 0.425 bits per heavy atom. The molecule has 0 bridgehead atoms. The smallest absolute Gasteiger partial charge is 0.361 e. The predicted octanol–water partition coefficient (Wildman–Crippen LogP) is 17.6. The maximum absolute atomic E-state index is 12.9. The average molecular weight is 1020 g/mol. The zero-order valence-electron chi connectivity index (χ0n) is 47.8. The van der Waals surface area contributed by atoms with Gasteiger partial charge in [-0.1, -0.05) is 247 Å². The van der Waals surface area contributed by atoms with Gasteiger partial charge in [0.15, 0.2) is 6.10 Å². The lowest BCUT2D eigenvalue weighted by atomic mass is 10.0. The molecule has 0 saturated carbocycles. The third-order valence-corrected chi connectivity index (χ3v) is 12.7. The van der Waals surface area contributed by atoms with E-state index >= 15 is 0 Å². The number of rotatable bonds is 54. The Morgan fingerprint density at radius 2 is 0.781 bits per heavy atom. The topological polar surface area (TPSA) is 108 Å². The molecule has 0 aromatic heterocycles. The van der Waals surface area contributed by atoms with Crippen molar-refractivity contribution in [2.45, 2.75) is 257 Å². The van der Waals surface area contributed by atoms with Gasteiger partial charge in [-0.3, -0.25) is 9.59 Å². The summed E-state index contributed by atoms with van der Waals surface area (Å²) in [5.74, 6) is -2.00. The van der Waals surface area contributed by atoms with Crippen LogP contribution >= 0.6 is 0 Å². The normalized spacial score (nSPS) is 13.4. The van der Waals surface area contributed by atoms with Gasteiger partial charge in [0.25, 0.3) is 6.29 Å². The molecule has 0 aliphatic rings. The van der Waals surface area contributed by atoms with Crippen molar-refractivity contribution < 1.29 is 42.9 Å². The summed E-state index contributed by atoms with van der Waals surface area (Å²) in [6.07, 6.45) is 69.5. The Labute approximate surface area is 449 Å². The molecular formula is C64H112NO8+. The van der Waals surface area contributed by atoms with Gasteiger partial charge in [-0.2, -0.15) is 0 Å². The molecule has 2 atom stereocenters. The summed E-state index contributed by atoms with van der Waals surface area (Å²) in [5, 5.41) is 9.70. The molecule has 0 radical (unpaired) electrons. The molecule has 0 aliphatic carbocycles. The first kappa shape index (κ1) is 69.5. The summed E-state index contributed by atoms with van der Waals surface area (Å²) < 4.78 is 22.9. The number of carboxylic acid groups (broad SMARTS) is 1. The van der Waals surface area contributed by atoms with E-state index in [-0.39, 0.29) is 32.2 Å². The number of hydrogen-bond acceptors (Lipinski definition) is 7. The molecule has 0 rings (SSSR count). The second-order valence-electron chi connectivity index (χ2n) is 20.9. The van der Waals surface area contributed by atoms with Gasteiger partial charge < -0.3 is 28.5 Å². The number of likely N-dealkylation sites (N-methyl/N-ethyl adjacent to an activating group) is 1. The molecule has 73 heavy (non-hydrogen) atoms. The van der Waals surface area contributed by atoms with Crippen molar-refractivity contribution in [2.75, 3.05) is 47.5 Å². The van der Waals surface area contributed by atoms with Crippen molar-refractivity contribution in [1.82, 2.24) is 0 Å². The van der Waals surface area contributed by atoms with Crippen LogP contribution in [0.1, 0.15) is 245 Å². The molecular weight excluding hydrogens is 911 g/mol. The molecule has 0 fully saturated rings. The number of carbonyl (C=O) groups excluding carboxylic acids is 2. The fourth-order valence-electron chi connectivity index (χ4n) is 8.11. The van der Waals surface area contributed by atoms with Crippen molar-refractivity contribution in [3.8, 4) is 0 Å². The first-order valence-electron chi connectivity index (χ1n) is 29.8. The van der Waals surface area contributed by atoms with Crippen LogP contribution < -0.4 is 0 Å². The molecule has 9 nitrogen and oxygen atoms in total. The summed E-state index contributed by atoms with van der Waals surface area (Å²) in [6.45, 7) is 4.77. The molecule has 1 N–H and O–H groups in total. The van der Waals surface area contributed by atoms with E-state index in [1.165, 1.54) is 122 Å². The van der Waals surface area contributed by atoms with Crippen molar-refractivity contribution in [3.05, 3.63) is 85.1 Å². The number of aliphatic carboxylic acids is 1. The molecule has 0 aromatic rings. The second kappa shape index (κ2) is 54.7. The van der Waals surface area contributed by atoms with Gasteiger partial charge in [0.2, 0.25) is 0 Å². The van der Waals surface area contributed by atoms with Crippen LogP contribution in [-0.2, 0) is 33.3 Å². The van der Waals surface area contributed by atoms with Crippen molar-refractivity contribution >= 4 is 17.9 Å². The van der Waals surface area contributed by atoms with Crippen LogP contribution in [0.5, 0.6) is 0 Å². The summed E-state index contributed by atoms with van der Waals surface area (Å²) in [6, 6.07) is 0. The lowest BCUT2D eigenvalue weighted by molar-refractivity contribution is -0.870. The first-order chi connectivity index (χ1) is 35.6. The van der Waals surface area contributed by atoms with Gasteiger partial charge in [0, 0.05) is 12.8 Å². The number of carbonyl (C=O) groups is 3. The van der Waals surface area contributed by atoms with E-state index in [0.29, 0.717) is 23.9 Å². The molecule has 0 heterocycles. The minimum absolute atomic E-state index is 0.183. The molecule has 9 heteroatoms. The highest BCUT2D eigenvalue weighted by Gasteiger charge is 2.25. The second-order valence-corrected chi connectivity index (χ2v) is 20.9. The Kier molecular flexibility index (Phi) is 52.1. The van der Waals surface area contributed by atoms with Crippen LogP contribution in [0.3, 0.4) is 0 Å². The molecule has 0 spiro atoms. The van der Waals surface area contributed by atoms with E-state index < -0.39 is 24.3 Å².